The van der Waals surface area contributed by atoms with Crippen molar-refractivity contribution in [3.05, 3.63) is 21.4 Å². The number of rotatable bonds is 2. The Bertz CT molecular complexity index is 335. The fourth-order valence-corrected chi connectivity index (χ4v) is 2.89. The van der Waals surface area contributed by atoms with Gasteiger partial charge in [-0.15, -0.1) is 11.3 Å². The van der Waals surface area contributed by atoms with E-state index in [-0.39, 0.29) is 0 Å². The predicted octanol–water partition coefficient (Wildman–Crippen LogP) is 2.94. The first-order valence-corrected chi connectivity index (χ1v) is 5.87. The van der Waals surface area contributed by atoms with E-state index in [4.69, 9.17) is 5.41 Å². The van der Waals surface area contributed by atoms with Gasteiger partial charge in [0, 0.05) is 22.7 Å². The standard InChI is InChI=1S/C11H16N2S/c1-8-6-10(14-9(8)2)7-13-5-3-4-11(13)12/h6,12H,3-5,7H2,1-2H3. The minimum Gasteiger partial charge on any atom is -0.355 e. The normalized spacial score (nSPS) is 16.7. The molecule has 0 saturated carbocycles. The fraction of sp³-hybridized carbons (Fsp3) is 0.545. The smallest absolute Gasteiger partial charge is 0.0961 e. The largest absolute Gasteiger partial charge is 0.355 e. The van der Waals surface area contributed by atoms with Gasteiger partial charge in [0.05, 0.1) is 12.4 Å². The van der Waals surface area contributed by atoms with Gasteiger partial charge in [-0.05, 0) is 31.9 Å². The zero-order valence-corrected chi connectivity index (χ0v) is 9.58. The van der Waals surface area contributed by atoms with E-state index in [1.807, 2.05) is 11.3 Å². The molecule has 1 fully saturated rings. The maximum atomic E-state index is 7.75. The Kier molecular flexibility index (Phi) is 2.59. The summed E-state index contributed by atoms with van der Waals surface area (Å²) < 4.78 is 0. The van der Waals surface area contributed by atoms with Gasteiger partial charge < -0.3 is 4.90 Å². The molecule has 1 saturated heterocycles. The summed E-state index contributed by atoms with van der Waals surface area (Å²) in [4.78, 5) is 4.99. The molecule has 76 valence electrons. The van der Waals surface area contributed by atoms with Crippen LogP contribution in [0.5, 0.6) is 0 Å². The van der Waals surface area contributed by atoms with Crippen LogP contribution in [0.15, 0.2) is 6.07 Å². The van der Waals surface area contributed by atoms with Crippen molar-refractivity contribution in [2.24, 2.45) is 0 Å². The summed E-state index contributed by atoms with van der Waals surface area (Å²) in [6, 6.07) is 2.26. The topological polar surface area (TPSA) is 27.1 Å². The van der Waals surface area contributed by atoms with Crippen molar-refractivity contribution in [3.8, 4) is 0 Å². The lowest BCUT2D eigenvalue weighted by molar-refractivity contribution is 0.450. The predicted molar refractivity (Wildman–Crippen MR) is 61.2 cm³/mol. The van der Waals surface area contributed by atoms with E-state index < -0.39 is 0 Å². The van der Waals surface area contributed by atoms with Crippen LogP contribution in [0.3, 0.4) is 0 Å². The van der Waals surface area contributed by atoms with E-state index in [9.17, 15) is 0 Å². The van der Waals surface area contributed by atoms with Gasteiger partial charge in [-0.1, -0.05) is 0 Å². The molecular formula is C11H16N2S. The van der Waals surface area contributed by atoms with Gasteiger partial charge in [0.2, 0.25) is 0 Å². The molecule has 0 spiro atoms. The van der Waals surface area contributed by atoms with Gasteiger partial charge >= 0.3 is 0 Å². The average molecular weight is 208 g/mol. The molecule has 0 unspecified atom stereocenters. The Hall–Kier alpha value is -0.830. The van der Waals surface area contributed by atoms with Crippen molar-refractivity contribution >= 4 is 17.2 Å². The number of nitrogens with one attached hydrogen (secondary N) is 1. The first kappa shape index (κ1) is 9.71. The minimum absolute atomic E-state index is 0.814. The molecule has 3 heteroatoms. The van der Waals surface area contributed by atoms with Gasteiger partial charge in [-0.25, -0.2) is 0 Å². The van der Waals surface area contributed by atoms with Crippen LogP contribution in [0.4, 0.5) is 0 Å². The molecule has 1 aromatic heterocycles. The second-order valence-corrected chi connectivity index (χ2v) is 5.26. The zero-order valence-electron chi connectivity index (χ0n) is 8.76. The third kappa shape index (κ3) is 1.82. The molecule has 14 heavy (non-hydrogen) atoms. The van der Waals surface area contributed by atoms with Crippen LogP contribution in [-0.2, 0) is 6.54 Å². The number of hydrogen-bond donors (Lipinski definition) is 1. The summed E-state index contributed by atoms with van der Waals surface area (Å²) in [5.41, 5.74) is 1.38. The summed E-state index contributed by atoms with van der Waals surface area (Å²) in [5.74, 6) is 0.814. The summed E-state index contributed by atoms with van der Waals surface area (Å²) in [7, 11) is 0. The van der Waals surface area contributed by atoms with Crippen molar-refractivity contribution in [1.82, 2.24) is 4.90 Å². The first-order valence-electron chi connectivity index (χ1n) is 5.05. The number of hydrogen-bond acceptors (Lipinski definition) is 2. The van der Waals surface area contributed by atoms with Crippen LogP contribution < -0.4 is 0 Å². The molecule has 2 rings (SSSR count). The van der Waals surface area contributed by atoms with Crippen molar-refractivity contribution in [2.45, 2.75) is 33.2 Å². The van der Waals surface area contributed by atoms with Gasteiger partial charge in [0.1, 0.15) is 0 Å². The summed E-state index contributed by atoms with van der Waals surface area (Å²) in [6.07, 6.45) is 2.12. The minimum atomic E-state index is 0.814. The molecule has 0 bridgehead atoms. The van der Waals surface area contributed by atoms with Crippen molar-refractivity contribution in [3.63, 3.8) is 0 Å². The molecule has 1 aliphatic heterocycles. The van der Waals surface area contributed by atoms with E-state index in [0.717, 1.165) is 31.8 Å². The zero-order chi connectivity index (χ0) is 10.1. The molecule has 0 amide bonds. The highest BCUT2D eigenvalue weighted by molar-refractivity contribution is 7.12. The molecule has 0 radical (unpaired) electrons. The molecule has 2 heterocycles. The SMILES string of the molecule is Cc1cc(CN2CCCC2=N)sc1C. The van der Waals surface area contributed by atoms with Crippen LogP contribution in [0.25, 0.3) is 0 Å². The Morgan fingerprint density at radius 1 is 1.50 bits per heavy atom. The summed E-state index contributed by atoms with van der Waals surface area (Å²) in [5, 5.41) is 7.75. The number of aryl methyl sites for hydroxylation is 2. The highest BCUT2D eigenvalue weighted by Gasteiger charge is 2.17. The van der Waals surface area contributed by atoms with Crippen LogP contribution in [0.1, 0.15) is 28.2 Å². The number of amidine groups is 1. The molecule has 1 N–H and O–H groups in total. The third-order valence-electron chi connectivity index (χ3n) is 2.79. The molecule has 1 aliphatic rings. The quantitative estimate of drug-likeness (QED) is 0.795. The Balaban J connectivity index is 2.07. The molecule has 1 aromatic rings. The van der Waals surface area contributed by atoms with Gasteiger partial charge in [-0.3, -0.25) is 5.41 Å². The summed E-state index contributed by atoms with van der Waals surface area (Å²) in [6.45, 7) is 6.33. The number of likely N-dealkylation sites (tertiary alicyclic amines) is 1. The summed E-state index contributed by atoms with van der Waals surface area (Å²) >= 11 is 1.86. The second kappa shape index (κ2) is 3.73. The van der Waals surface area contributed by atoms with E-state index in [2.05, 4.69) is 24.8 Å². The molecule has 0 atom stereocenters. The lowest BCUT2D eigenvalue weighted by Crippen LogP contribution is -2.22. The van der Waals surface area contributed by atoms with Crippen molar-refractivity contribution in [2.75, 3.05) is 6.54 Å². The lowest BCUT2D eigenvalue weighted by atomic mass is 10.3. The maximum Gasteiger partial charge on any atom is 0.0961 e. The molecule has 2 nitrogen and oxygen atoms in total. The average Bonchev–Trinajstić information content (AvgIpc) is 2.63. The molecule has 0 aromatic carbocycles. The molecular weight excluding hydrogens is 192 g/mol. The van der Waals surface area contributed by atoms with E-state index in [1.165, 1.54) is 15.3 Å². The maximum absolute atomic E-state index is 7.75. The third-order valence-corrected chi connectivity index (χ3v) is 3.92. The second-order valence-electron chi connectivity index (χ2n) is 3.92. The molecule has 0 aliphatic carbocycles. The van der Waals surface area contributed by atoms with Gasteiger partial charge in [-0.2, -0.15) is 0 Å². The van der Waals surface area contributed by atoms with Gasteiger partial charge in [0.25, 0.3) is 0 Å². The number of nitrogens with zero attached hydrogens (tertiary/aromatic N) is 1. The Morgan fingerprint density at radius 2 is 2.29 bits per heavy atom. The monoisotopic (exact) mass is 208 g/mol. The lowest BCUT2D eigenvalue weighted by Gasteiger charge is -2.15. The van der Waals surface area contributed by atoms with Crippen molar-refractivity contribution in [1.29, 1.82) is 5.41 Å². The Labute approximate surface area is 89.1 Å². The highest BCUT2D eigenvalue weighted by atomic mass is 32.1. The van der Waals surface area contributed by atoms with Crippen molar-refractivity contribution < 1.29 is 0 Å². The first-order chi connectivity index (χ1) is 6.66. The fourth-order valence-electron chi connectivity index (χ4n) is 1.82. The number of thiophene rings is 1. The van der Waals surface area contributed by atoms with E-state index in [1.54, 1.807) is 0 Å². The highest BCUT2D eigenvalue weighted by Crippen LogP contribution is 2.23. The van der Waals surface area contributed by atoms with Gasteiger partial charge in [0.15, 0.2) is 0 Å². The van der Waals surface area contributed by atoms with E-state index >= 15 is 0 Å². The van der Waals surface area contributed by atoms with E-state index in [0.29, 0.717) is 0 Å². The van der Waals surface area contributed by atoms with Crippen LogP contribution >= 0.6 is 11.3 Å². The van der Waals surface area contributed by atoms with Crippen LogP contribution in [0, 0.1) is 19.3 Å². The Morgan fingerprint density at radius 3 is 2.79 bits per heavy atom. The van der Waals surface area contributed by atoms with Crippen LogP contribution in [0.2, 0.25) is 0 Å². The van der Waals surface area contributed by atoms with Crippen LogP contribution in [-0.4, -0.2) is 17.3 Å².